The van der Waals surface area contributed by atoms with Crippen LogP contribution in [0, 0.1) is 24.6 Å². The fourth-order valence-electron chi connectivity index (χ4n) is 5.93. The third kappa shape index (κ3) is 5.01. The van der Waals surface area contributed by atoms with Crippen LogP contribution in [-0.2, 0) is 21.7 Å². The zero-order chi connectivity index (χ0) is 31.6. The summed E-state index contributed by atoms with van der Waals surface area (Å²) in [7, 11) is 1.39. The van der Waals surface area contributed by atoms with Gasteiger partial charge in [-0.25, -0.2) is 23.1 Å². The summed E-state index contributed by atoms with van der Waals surface area (Å²) in [5.74, 6) is -0.609. The quantitative estimate of drug-likeness (QED) is 0.269. The average Bonchev–Trinajstić information content (AvgIpc) is 3.92. The van der Waals surface area contributed by atoms with E-state index in [0.717, 1.165) is 37.6 Å². The number of benzene rings is 1. The van der Waals surface area contributed by atoms with Gasteiger partial charge in [-0.2, -0.15) is 5.10 Å². The van der Waals surface area contributed by atoms with E-state index >= 15 is 0 Å². The molecule has 0 spiro atoms. The molecule has 1 aliphatic heterocycles. The third-order valence-corrected chi connectivity index (χ3v) is 8.83. The van der Waals surface area contributed by atoms with E-state index in [9.17, 15) is 22.8 Å². The van der Waals surface area contributed by atoms with Gasteiger partial charge in [0.15, 0.2) is 17.3 Å². The summed E-state index contributed by atoms with van der Waals surface area (Å²) in [4.78, 5) is 45.5. The lowest BCUT2D eigenvalue weighted by Gasteiger charge is -2.21. The van der Waals surface area contributed by atoms with Crippen molar-refractivity contribution in [1.82, 2.24) is 29.7 Å². The van der Waals surface area contributed by atoms with Crippen molar-refractivity contribution in [3.8, 4) is 11.3 Å². The van der Waals surface area contributed by atoms with Crippen LogP contribution in [0.15, 0.2) is 36.9 Å². The van der Waals surface area contributed by atoms with Crippen molar-refractivity contribution in [2.24, 2.45) is 11.8 Å². The fourth-order valence-corrected chi connectivity index (χ4v) is 6.09. The Balaban J connectivity index is 1.14. The molecular weight excluding hydrogens is 613 g/mol. The van der Waals surface area contributed by atoms with Crippen LogP contribution in [0.4, 0.5) is 24.7 Å². The van der Waals surface area contributed by atoms with Crippen LogP contribution in [0.1, 0.15) is 58.8 Å². The summed E-state index contributed by atoms with van der Waals surface area (Å²) in [5.41, 5.74) is -0.472. The van der Waals surface area contributed by atoms with Crippen LogP contribution in [0.3, 0.4) is 0 Å². The monoisotopic (exact) mass is 638 g/mol. The number of fused-ring (bicyclic) bond motifs is 1. The molecule has 3 aromatic heterocycles. The first-order chi connectivity index (χ1) is 21.6. The standard InChI is InChI=1S/C30H26ClF3N8O3/c1-14-27(41-11-15-7-18(15)29(41)44)36-10-22(38-14)30(5-6-30)42-12-16(8-37-42)39-28(43)25-21(13-45-2)35-9-20(40-25)23-17(26(33)34)3-4-19(31)24(23)32/h3-4,8-10,12,15,18,26H,5-7,11,13H2,1-2H3,(H,39,43)/t15-,18-/m1/s1. The Bertz CT molecular complexity index is 1860. The summed E-state index contributed by atoms with van der Waals surface area (Å²) in [6.45, 7) is 2.39. The fraction of sp³-hybridized carbons (Fsp3) is 0.367. The highest BCUT2D eigenvalue weighted by Crippen LogP contribution is 2.50. The SMILES string of the molecule is COCc1ncc(-c2c(C(F)F)ccc(Cl)c2F)nc1C(=O)Nc1cnn(C2(c3cnc(N4C[C@H]5C[C@H]5C4=O)c(C)n3)CC2)c1. The van der Waals surface area contributed by atoms with E-state index in [0.29, 0.717) is 35.4 Å². The number of rotatable bonds is 9. The minimum absolute atomic E-state index is 0.106. The molecule has 1 aromatic carbocycles. The number of halogens is 4. The number of hydrogen-bond donors (Lipinski definition) is 1. The number of aromatic nitrogens is 6. The van der Waals surface area contributed by atoms with Gasteiger partial charge in [-0.05, 0) is 38.2 Å². The topological polar surface area (TPSA) is 128 Å². The van der Waals surface area contributed by atoms with Gasteiger partial charge in [0.1, 0.15) is 5.54 Å². The highest BCUT2D eigenvalue weighted by Gasteiger charge is 2.54. The average molecular weight is 639 g/mol. The molecule has 11 nitrogen and oxygen atoms in total. The van der Waals surface area contributed by atoms with Crippen molar-refractivity contribution in [2.45, 2.75) is 44.8 Å². The maximum Gasteiger partial charge on any atom is 0.276 e. The third-order valence-electron chi connectivity index (χ3n) is 8.54. The summed E-state index contributed by atoms with van der Waals surface area (Å²) < 4.78 is 49.3. The summed E-state index contributed by atoms with van der Waals surface area (Å²) in [6, 6.07) is 2.04. The first-order valence-electron chi connectivity index (χ1n) is 14.2. The second-order valence-electron chi connectivity index (χ2n) is 11.5. The van der Waals surface area contributed by atoms with Crippen LogP contribution >= 0.6 is 11.6 Å². The Morgan fingerprint density at radius 2 is 2.00 bits per heavy atom. The number of methoxy groups -OCH3 is 1. The van der Waals surface area contributed by atoms with Gasteiger partial charge in [0.05, 0.1) is 58.7 Å². The maximum atomic E-state index is 15.0. The Morgan fingerprint density at radius 1 is 1.20 bits per heavy atom. The first kappa shape index (κ1) is 29.3. The van der Waals surface area contributed by atoms with E-state index in [1.54, 1.807) is 22.0 Å². The number of nitrogens with zero attached hydrogens (tertiary/aromatic N) is 7. The molecule has 15 heteroatoms. The second-order valence-corrected chi connectivity index (χ2v) is 11.9. The van der Waals surface area contributed by atoms with Gasteiger partial charge in [0, 0.05) is 36.9 Å². The van der Waals surface area contributed by atoms with Gasteiger partial charge in [-0.1, -0.05) is 17.7 Å². The zero-order valence-electron chi connectivity index (χ0n) is 24.1. The van der Waals surface area contributed by atoms with E-state index in [-0.39, 0.29) is 40.5 Å². The van der Waals surface area contributed by atoms with Crippen LogP contribution in [0.5, 0.6) is 0 Å². The molecule has 3 aliphatic rings. The smallest absolute Gasteiger partial charge is 0.276 e. The molecule has 0 radical (unpaired) electrons. The van der Waals surface area contributed by atoms with Gasteiger partial charge >= 0.3 is 0 Å². The number of amides is 2. The van der Waals surface area contributed by atoms with Crippen molar-refractivity contribution >= 4 is 34.9 Å². The molecule has 2 aliphatic carbocycles. The molecule has 2 saturated carbocycles. The van der Waals surface area contributed by atoms with Crippen molar-refractivity contribution < 1.29 is 27.5 Å². The number of piperidine rings is 1. The van der Waals surface area contributed by atoms with Crippen LogP contribution in [-0.4, -0.2) is 55.2 Å². The maximum absolute atomic E-state index is 15.0. The van der Waals surface area contributed by atoms with Gasteiger partial charge in [-0.3, -0.25) is 29.1 Å². The predicted octanol–water partition coefficient (Wildman–Crippen LogP) is 5.09. The van der Waals surface area contributed by atoms with E-state index in [2.05, 4.69) is 25.4 Å². The second kappa shape index (κ2) is 10.9. The van der Waals surface area contributed by atoms with E-state index in [4.69, 9.17) is 21.3 Å². The summed E-state index contributed by atoms with van der Waals surface area (Å²) in [6.07, 6.45) is 5.28. The number of hydrogen-bond acceptors (Lipinski definition) is 8. The number of aryl methyl sites for hydroxylation is 1. The van der Waals surface area contributed by atoms with Gasteiger partial charge in [0.25, 0.3) is 12.3 Å². The lowest BCUT2D eigenvalue weighted by Crippen LogP contribution is -2.30. The predicted molar refractivity (Wildman–Crippen MR) is 155 cm³/mol. The number of ether oxygens (including phenoxy) is 1. The molecule has 1 saturated heterocycles. The first-order valence-corrected chi connectivity index (χ1v) is 14.6. The van der Waals surface area contributed by atoms with Gasteiger partial charge in [-0.15, -0.1) is 0 Å². The van der Waals surface area contributed by atoms with E-state index < -0.39 is 34.8 Å². The van der Waals surface area contributed by atoms with Gasteiger partial charge < -0.3 is 10.1 Å². The Morgan fingerprint density at radius 3 is 2.67 bits per heavy atom. The van der Waals surface area contributed by atoms with Crippen LogP contribution in [0.25, 0.3) is 11.3 Å². The molecule has 0 bridgehead atoms. The van der Waals surface area contributed by atoms with E-state index in [1.165, 1.54) is 13.3 Å². The minimum Gasteiger partial charge on any atom is -0.378 e. The normalized spacial score (nSPS) is 19.6. The van der Waals surface area contributed by atoms with Crippen LogP contribution < -0.4 is 10.2 Å². The lowest BCUT2D eigenvalue weighted by molar-refractivity contribution is -0.118. The molecule has 4 heterocycles. The number of alkyl halides is 2. The number of carbonyl (C=O) groups excluding carboxylic acids is 2. The Labute approximate surface area is 259 Å². The molecular formula is C30H26ClF3N8O3. The molecule has 45 heavy (non-hydrogen) atoms. The number of carbonyl (C=O) groups is 2. The van der Waals surface area contributed by atoms with Gasteiger partial charge in [0.2, 0.25) is 5.91 Å². The lowest BCUT2D eigenvalue weighted by atomic mass is 10.0. The number of anilines is 2. The molecule has 232 valence electrons. The van der Waals surface area contributed by atoms with Crippen LogP contribution in [0.2, 0.25) is 5.02 Å². The summed E-state index contributed by atoms with van der Waals surface area (Å²) in [5, 5.41) is 6.81. The Hall–Kier alpha value is -4.43. The molecule has 4 aromatic rings. The molecule has 2 amide bonds. The van der Waals surface area contributed by atoms with Crippen molar-refractivity contribution in [2.75, 3.05) is 23.9 Å². The molecule has 1 N–H and O–H groups in total. The zero-order valence-corrected chi connectivity index (χ0v) is 24.9. The number of nitrogens with one attached hydrogen (secondary N) is 1. The highest BCUT2D eigenvalue weighted by molar-refractivity contribution is 6.31. The van der Waals surface area contributed by atoms with Crippen molar-refractivity contribution in [3.05, 3.63) is 76.1 Å². The van der Waals surface area contributed by atoms with Crippen molar-refractivity contribution in [1.29, 1.82) is 0 Å². The molecule has 0 unspecified atom stereocenters. The largest absolute Gasteiger partial charge is 0.378 e. The molecule has 7 rings (SSSR count). The highest BCUT2D eigenvalue weighted by atomic mass is 35.5. The molecule has 2 atom stereocenters. The Kier molecular flexibility index (Phi) is 7.08. The summed E-state index contributed by atoms with van der Waals surface area (Å²) >= 11 is 5.88. The molecule has 3 fully saturated rings. The minimum atomic E-state index is -3.02. The van der Waals surface area contributed by atoms with E-state index in [1.807, 2.05) is 6.92 Å². The van der Waals surface area contributed by atoms with Crippen molar-refractivity contribution in [3.63, 3.8) is 0 Å².